The zero-order valence-electron chi connectivity index (χ0n) is 33.2. The number of aromatic nitrogens is 1. The first kappa shape index (κ1) is 37.1. The van der Waals surface area contributed by atoms with E-state index in [9.17, 15) is 21.0 Å². The molecular weight excluding hydrogens is 757 g/mol. The first-order chi connectivity index (χ1) is 30.6. The standard InChI is InChI=1S/C56H32N6/c57-33-41(34-58)55-50-30-24-40(38-21-27-46(28-22-38)62-53-17-9-7-15-47(53)48-16-8-10-18-54(48)62)32-52(50)56(42(35-59)36-60)49-29-23-39(31-51(49)55)37-19-25-45(26-20-37)61(43-11-3-1-4-12-43)44-13-5-2-6-14-44/h1-32H. The van der Waals surface area contributed by atoms with E-state index >= 15 is 0 Å². The summed E-state index contributed by atoms with van der Waals surface area (Å²) in [5, 5.41) is 47.2. The molecule has 62 heavy (non-hydrogen) atoms. The predicted molar refractivity (Wildman–Crippen MR) is 250 cm³/mol. The van der Waals surface area contributed by atoms with Crippen LogP contribution in [0.1, 0.15) is 0 Å². The molecule has 0 spiro atoms. The summed E-state index contributed by atoms with van der Waals surface area (Å²) in [6, 6.07) is 73.9. The molecule has 0 saturated heterocycles. The molecule has 9 aromatic carbocycles. The van der Waals surface area contributed by atoms with Crippen LogP contribution in [-0.2, 0) is 0 Å². The fraction of sp³-hybridized carbons (Fsp3) is 0. The Morgan fingerprint density at radius 3 is 1.15 bits per heavy atom. The van der Waals surface area contributed by atoms with Gasteiger partial charge in [-0.2, -0.15) is 21.0 Å². The molecule has 0 radical (unpaired) electrons. The summed E-state index contributed by atoms with van der Waals surface area (Å²) in [6.07, 6.45) is 0. The van der Waals surface area contributed by atoms with Gasteiger partial charge < -0.3 is 9.47 Å². The SMILES string of the molecule is N#CC(C#N)=c1c2ccc(-c3ccc(-n4c5ccccc5c5ccccc54)cc3)cc2c(=C(C#N)C#N)c2ccc(-c3ccc(N(c4ccccc4)c4ccccc4)cc3)cc12. The van der Waals surface area contributed by atoms with Crippen molar-refractivity contribution in [1.29, 1.82) is 21.0 Å². The molecule has 10 aromatic rings. The Hall–Kier alpha value is -9.20. The van der Waals surface area contributed by atoms with Gasteiger partial charge in [0.25, 0.3) is 0 Å². The minimum atomic E-state index is -0.0563. The van der Waals surface area contributed by atoms with Gasteiger partial charge in [-0.1, -0.05) is 121 Å². The van der Waals surface area contributed by atoms with E-state index in [0.29, 0.717) is 32.0 Å². The van der Waals surface area contributed by atoms with Gasteiger partial charge in [0.2, 0.25) is 0 Å². The summed E-state index contributed by atoms with van der Waals surface area (Å²) in [6.45, 7) is 0. The molecule has 1 aromatic heterocycles. The number of hydrogen-bond donors (Lipinski definition) is 0. The lowest BCUT2D eigenvalue weighted by Gasteiger charge is -2.25. The second-order valence-electron chi connectivity index (χ2n) is 14.9. The van der Waals surface area contributed by atoms with Crippen LogP contribution in [0.4, 0.5) is 17.1 Å². The molecule has 0 unspecified atom stereocenters. The quantitative estimate of drug-likeness (QED) is 0.156. The molecule has 1 heterocycles. The Balaban J connectivity index is 1.12. The summed E-state index contributed by atoms with van der Waals surface area (Å²) >= 11 is 0. The molecule has 0 atom stereocenters. The average Bonchev–Trinajstić information content (AvgIpc) is 3.68. The third-order valence-electron chi connectivity index (χ3n) is 11.6. The van der Waals surface area contributed by atoms with Crippen molar-refractivity contribution in [2.24, 2.45) is 0 Å². The van der Waals surface area contributed by atoms with Gasteiger partial charge >= 0.3 is 0 Å². The molecular formula is C56H32N6. The van der Waals surface area contributed by atoms with Crippen molar-refractivity contribution in [3.05, 3.63) is 205 Å². The van der Waals surface area contributed by atoms with Crippen molar-refractivity contribution in [1.82, 2.24) is 4.57 Å². The maximum atomic E-state index is 10.4. The van der Waals surface area contributed by atoms with Gasteiger partial charge in [-0.3, -0.25) is 0 Å². The Bertz CT molecular complexity index is 3580. The van der Waals surface area contributed by atoms with Crippen molar-refractivity contribution < 1.29 is 0 Å². The second-order valence-corrected chi connectivity index (χ2v) is 14.9. The molecule has 0 aliphatic rings. The highest BCUT2D eigenvalue weighted by Gasteiger charge is 2.17. The number of nitrogens with zero attached hydrogens (tertiary/aromatic N) is 6. The zero-order valence-corrected chi connectivity index (χ0v) is 33.2. The summed E-state index contributed by atoms with van der Waals surface area (Å²) in [4.78, 5) is 2.19. The van der Waals surface area contributed by atoms with Crippen LogP contribution in [0.2, 0.25) is 0 Å². The van der Waals surface area contributed by atoms with Gasteiger partial charge in [-0.05, 0) is 117 Å². The number of rotatable bonds is 6. The van der Waals surface area contributed by atoms with Gasteiger partial charge in [0.1, 0.15) is 35.4 Å². The summed E-state index contributed by atoms with van der Waals surface area (Å²) in [7, 11) is 0. The van der Waals surface area contributed by atoms with E-state index in [4.69, 9.17) is 0 Å². The normalized spacial score (nSPS) is 10.8. The van der Waals surface area contributed by atoms with Crippen LogP contribution in [0.15, 0.2) is 194 Å². The molecule has 0 aliphatic heterocycles. The van der Waals surface area contributed by atoms with Gasteiger partial charge in [0.05, 0.1) is 11.0 Å². The van der Waals surface area contributed by atoms with Gasteiger partial charge in [-0.25, -0.2) is 0 Å². The van der Waals surface area contributed by atoms with E-state index in [1.54, 1.807) is 0 Å². The van der Waals surface area contributed by atoms with E-state index in [1.165, 1.54) is 10.8 Å². The lowest BCUT2D eigenvalue weighted by Crippen LogP contribution is -2.18. The lowest BCUT2D eigenvalue weighted by molar-refractivity contribution is 1.18. The summed E-state index contributed by atoms with van der Waals surface area (Å²) in [5.41, 5.74) is 9.74. The van der Waals surface area contributed by atoms with Crippen LogP contribution in [0.3, 0.4) is 0 Å². The summed E-state index contributed by atoms with van der Waals surface area (Å²) < 4.78 is 2.26. The van der Waals surface area contributed by atoms with Crippen molar-refractivity contribution in [3.63, 3.8) is 0 Å². The summed E-state index contributed by atoms with van der Waals surface area (Å²) in [5.74, 6) is 0. The predicted octanol–water partition coefficient (Wildman–Crippen LogP) is 12.3. The molecule has 286 valence electrons. The van der Waals surface area contributed by atoms with E-state index in [-0.39, 0.29) is 11.1 Å². The van der Waals surface area contributed by atoms with Crippen LogP contribution in [0.25, 0.3) is 82.4 Å². The van der Waals surface area contributed by atoms with E-state index in [0.717, 1.165) is 56.0 Å². The first-order valence-corrected chi connectivity index (χ1v) is 20.1. The molecule has 6 heteroatoms. The number of hydrogen-bond acceptors (Lipinski definition) is 5. The molecule has 0 saturated carbocycles. The number of para-hydroxylation sites is 4. The Kier molecular flexibility index (Phi) is 9.29. The number of nitriles is 4. The van der Waals surface area contributed by atoms with E-state index in [2.05, 4.69) is 155 Å². The van der Waals surface area contributed by atoms with Gasteiger partial charge in [0.15, 0.2) is 0 Å². The molecule has 0 bridgehead atoms. The molecule has 6 nitrogen and oxygen atoms in total. The van der Waals surface area contributed by atoms with Crippen molar-refractivity contribution >= 4 is 71.6 Å². The van der Waals surface area contributed by atoms with Crippen LogP contribution in [0.5, 0.6) is 0 Å². The highest BCUT2D eigenvalue weighted by molar-refractivity contribution is 6.10. The number of anilines is 3. The second kappa shape index (κ2) is 15.5. The maximum absolute atomic E-state index is 10.4. The van der Waals surface area contributed by atoms with Crippen molar-refractivity contribution in [2.45, 2.75) is 0 Å². The number of benzene rings is 9. The molecule has 10 rings (SSSR count). The Morgan fingerprint density at radius 2 is 0.710 bits per heavy atom. The minimum Gasteiger partial charge on any atom is -0.311 e. The molecule has 0 amide bonds. The van der Waals surface area contributed by atoms with Crippen molar-refractivity contribution in [2.75, 3.05) is 4.90 Å². The van der Waals surface area contributed by atoms with Crippen LogP contribution in [0, 0.1) is 45.3 Å². The molecule has 0 aliphatic carbocycles. The average molecular weight is 789 g/mol. The fourth-order valence-corrected chi connectivity index (χ4v) is 8.81. The molecule has 0 N–H and O–H groups in total. The highest BCUT2D eigenvalue weighted by atomic mass is 15.1. The highest BCUT2D eigenvalue weighted by Crippen LogP contribution is 2.37. The number of fused-ring (bicyclic) bond motifs is 5. The van der Waals surface area contributed by atoms with Crippen LogP contribution < -0.4 is 15.3 Å². The minimum absolute atomic E-state index is 0.0557. The Morgan fingerprint density at radius 1 is 0.339 bits per heavy atom. The Labute approximate surface area is 357 Å². The van der Waals surface area contributed by atoms with Crippen LogP contribution >= 0.6 is 0 Å². The monoisotopic (exact) mass is 788 g/mol. The molecule has 0 fully saturated rings. The third-order valence-corrected chi connectivity index (χ3v) is 11.6. The smallest absolute Gasteiger partial charge is 0.138 e. The topological polar surface area (TPSA) is 103 Å². The van der Waals surface area contributed by atoms with E-state index < -0.39 is 0 Å². The van der Waals surface area contributed by atoms with Gasteiger partial charge in [-0.15, -0.1) is 0 Å². The lowest BCUT2D eigenvalue weighted by atomic mass is 9.90. The third kappa shape index (κ3) is 6.18. The van der Waals surface area contributed by atoms with Crippen molar-refractivity contribution in [3.8, 4) is 52.2 Å². The van der Waals surface area contributed by atoms with Crippen LogP contribution in [-0.4, -0.2) is 4.57 Å². The zero-order chi connectivity index (χ0) is 42.2. The maximum Gasteiger partial charge on any atom is 0.138 e. The largest absolute Gasteiger partial charge is 0.311 e. The van der Waals surface area contributed by atoms with Gasteiger partial charge in [0, 0.05) is 44.0 Å². The fourth-order valence-electron chi connectivity index (χ4n) is 8.81. The first-order valence-electron chi connectivity index (χ1n) is 20.1. The van der Waals surface area contributed by atoms with E-state index in [1.807, 2.05) is 72.8 Å².